The van der Waals surface area contributed by atoms with E-state index in [1.807, 2.05) is 0 Å². The van der Waals surface area contributed by atoms with Gasteiger partial charge in [-0.1, -0.05) is 11.6 Å². The van der Waals surface area contributed by atoms with Gasteiger partial charge >= 0.3 is 0 Å². The van der Waals surface area contributed by atoms with Crippen molar-refractivity contribution in [1.82, 2.24) is 4.90 Å². The summed E-state index contributed by atoms with van der Waals surface area (Å²) in [5.74, 6) is -0.435. The van der Waals surface area contributed by atoms with E-state index >= 15 is 0 Å². The number of quaternary nitrogens is 1. The van der Waals surface area contributed by atoms with Gasteiger partial charge in [0.15, 0.2) is 9.84 Å². The second-order valence-corrected chi connectivity index (χ2v) is 8.84. The normalized spacial score (nSPS) is 24.8. The van der Waals surface area contributed by atoms with E-state index in [0.29, 0.717) is 37.6 Å². The van der Waals surface area contributed by atoms with Crippen molar-refractivity contribution in [2.24, 2.45) is 0 Å². The first-order chi connectivity index (χ1) is 10.9. The Morgan fingerprint density at radius 3 is 2.61 bits per heavy atom. The van der Waals surface area contributed by atoms with Crippen LogP contribution in [0, 0.1) is 5.82 Å². The van der Waals surface area contributed by atoms with Crippen LogP contribution in [0.1, 0.15) is 16.8 Å². The van der Waals surface area contributed by atoms with Crippen LogP contribution in [0.3, 0.4) is 0 Å². The number of rotatable bonds is 2. The Bertz CT molecular complexity index is 717. The van der Waals surface area contributed by atoms with Gasteiger partial charge in [-0.05, 0) is 18.2 Å². The van der Waals surface area contributed by atoms with Crippen LogP contribution in [-0.4, -0.2) is 63.0 Å². The SMILES string of the molecule is O=C(c1cc(Cl)ccc1F)N1CC[NH+]([C@H]2CCS(=O)(=O)C2)CC1. The lowest BCUT2D eigenvalue weighted by Gasteiger charge is -2.35. The largest absolute Gasteiger partial charge is 0.329 e. The molecule has 0 radical (unpaired) electrons. The predicted molar refractivity (Wildman–Crippen MR) is 85.1 cm³/mol. The van der Waals surface area contributed by atoms with Crippen molar-refractivity contribution in [1.29, 1.82) is 0 Å². The molecule has 2 heterocycles. The Labute approximate surface area is 139 Å². The highest BCUT2D eigenvalue weighted by Crippen LogP contribution is 2.17. The minimum atomic E-state index is -2.89. The van der Waals surface area contributed by atoms with E-state index in [2.05, 4.69) is 0 Å². The van der Waals surface area contributed by atoms with Gasteiger partial charge in [-0.2, -0.15) is 0 Å². The summed E-state index contributed by atoms with van der Waals surface area (Å²) < 4.78 is 37.0. The molecule has 2 saturated heterocycles. The Morgan fingerprint density at radius 2 is 2.00 bits per heavy atom. The molecule has 1 amide bonds. The second kappa shape index (κ2) is 6.37. The van der Waals surface area contributed by atoms with E-state index in [4.69, 9.17) is 11.6 Å². The molecule has 2 aliphatic rings. The van der Waals surface area contributed by atoms with Crippen LogP contribution in [0.4, 0.5) is 4.39 Å². The number of carbonyl (C=O) groups excluding carboxylic acids is 1. The number of carbonyl (C=O) groups is 1. The molecule has 2 fully saturated rings. The highest BCUT2D eigenvalue weighted by Gasteiger charge is 2.37. The number of amides is 1. The van der Waals surface area contributed by atoms with Gasteiger partial charge in [0.1, 0.15) is 17.6 Å². The van der Waals surface area contributed by atoms with Gasteiger partial charge in [0.25, 0.3) is 5.91 Å². The fourth-order valence-corrected chi connectivity index (χ4v) is 5.35. The molecule has 0 spiro atoms. The molecule has 0 bridgehead atoms. The van der Waals surface area contributed by atoms with Crippen molar-refractivity contribution in [3.8, 4) is 0 Å². The number of hydrogen-bond donors (Lipinski definition) is 1. The quantitative estimate of drug-likeness (QED) is 0.807. The Hall–Kier alpha value is -1.18. The minimum absolute atomic E-state index is 0.00982. The molecule has 1 aromatic carbocycles. The third-order valence-electron chi connectivity index (χ3n) is 4.66. The zero-order chi connectivity index (χ0) is 16.6. The molecule has 0 aromatic heterocycles. The third kappa shape index (κ3) is 3.67. The first-order valence-electron chi connectivity index (χ1n) is 7.65. The highest BCUT2D eigenvalue weighted by atomic mass is 35.5. The van der Waals surface area contributed by atoms with Crippen LogP contribution < -0.4 is 4.90 Å². The predicted octanol–water partition coefficient (Wildman–Crippen LogP) is 0.00690. The van der Waals surface area contributed by atoms with Gasteiger partial charge in [-0.3, -0.25) is 4.79 Å². The minimum Gasteiger partial charge on any atom is -0.329 e. The molecule has 0 aliphatic carbocycles. The number of halogens is 2. The molecule has 1 atom stereocenters. The first-order valence-corrected chi connectivity index (χ1v) is 9.85. The van der Waals surface area contributed by atoms with Crippen LogP contribution in [0.25, 0.3) is 0 Å². The van der Waals surface area contributed by atoms with Gasteiger partial charge < -0.3 is 9.80 Å². The maximum Gasteiger partial charge on any atom is 0.257 e. The smallest absolute Gasteiger partial charge is 0.257 e. The van der Waals surface area contributed by atoms with Crippen LogP contribution in [0.15, 0.2) is 18.2 Å². The second-order valence-electron chi connectivity index (χ2n) is 6.17. The fraction of sp³-hybridized carbons (Fsp3) is 0.533. The Kier molecular flexibility index (Phi) is 4.62. The Balaban J connectivity index is 1.63. The molecule has 0 unspecified atom stereocenters. The molecule has 1 N–H and O–H groups in total. The lowest BCUT2D eigenvalue weighted by molar-refractivity contribution is -0.925. The summed E-state index contributed by atoms with van der Waals surface area (Å²) in [5, 5.41) is 0.329. The van der Waals surface area contributed by atoms with Crippen molar-refractivity contribution in [3.63, 3.8) is 0 Å². The van der Waals surface area contributed by atoms with E-state index in [1.165, 1.54) is 23.1 Å². The number of sulfone groups is 1. The summed E-state index contributed by atoms with van der Waals surface area (Å²) in [6.07, 6.45) is 0.689. The van der Waals surface area contributed by atoms with Gasteiger partial charge in [-0.15, -0.1) is 0 Å². The molecule has 3 rings (SSSR count). The number of benzene rings is 1. The molecule has 0 saturated carbocycles. The van der Waals surface area contributed by atoms with Crippen molar-refractivity contribution < 1.29 is 22.5 Å². The average molecular weight is 362 g/mol. The summed E-state index contributed by atoms with van der Waals surface area (Å²) in [5.41, 5.74) is -0.00982. The standard InChI is InChI=1S/C15H18ClFN2O3S/c16-11-1-2-14(17)13(9-11)15(20)19-6-4-18(5-7-19)12-3-8-23(21,22)10-12/h1-2,9,12H,3-8,10H2/p+1/t12-/m0/s1. The van der Waals surface area contributed by atoms with Gasteiger partial charge in [0.05, 0.1) is 37.5 Å². The third-order valence-corrected chi connectivity index (χ3v) is 6.66. The average Bonchev–Trinajstić information content (AvgIpc) is 2.89. The molecule has 23 heavy (non-hydrogen) atoms. The van der Waals surface area contributed by atoms with E-state index in [1.54, 1.807) is 4.90 Å². The Morgan fingerprint density at radius 1 is 1.30 bits per heavy atom. The molecule has 8 heteroatoms. The summed E-state index contributed by atoms with van der Waals surface area (Å²) >= 11 is 5.84. The zero-order valence-corrected chi connectivity index (χ0v) is 14.2. The highest BCUT2D eigenvalue weighted by molar-refractivity contribution is 7.91. The van der Waals surface area contributed by atoms with Crippen molar-refractivity contribution in [2.75, 3.05) is 37.7 Å². The maximum absolute atomic E-state index is 13.8. The number of nitrogens with one attached hydrogen (secondary N) is 1. The lowest BCUT2D eigenvalue weighted by Crippen LogP contribution is -3.18. The molecular weight excluding hydrogens is 343 g/mol. The van der Waals surface area contributed by atoms with Gasteiger partial charge in [0, 0.05) is 11.4 Å². The molecule has 5 nitrogen and oxygen atoms in total. The summed E-state index contributed by atoms with van der Waals surface area (Å²) in [4.78, 5) is 15.3. The van der Waals surface area contributed by atoms with Crippen LogP contribution in [0.2, 0.25) is 5.02 Å². The number of nitrogens with zero attached hydrogens (tertiary/aromatic N) is 1. The molecule has 2 aliphatic heterocycles. The zero-order valence-electron chi connectivity index (χ0n) is 12.6. The first kappa shape index (κ1) is 16.7. The monoisotopic (exact) mass is 361 g/mol. The van der Waals surface area contributed by atoms with Gasteiger partial charge in [-0.25, -0.2) is 12.8 Å². The molecule has 126 valence electrons. The summed E-state index contributed by atoms with van der Waals surface area (Å²) in [6, 6.07) is 4.08. The van der Waals surface area contributed by atoms with Crippen LogP contribution in [0.5, 0.6) is 0 Å². The molecule has 1 aromatic rings. The van der Waals surface area contributed by atoms with E-state index in [9.17, 15) is 17.6 Å². The fourth-order valence-electron chi connectivity index (χ4n) is 3.35. The van der Waals surface area contributed by atoms with Crippen molar-refractivity contribution in [3.05, 3.63) is 34.6 Å². The van der Waals surface area contributed by atoms with Crippen molar-refractivity contribution >= 4 is 27.3 Å². The topological polar surface area (TPSA) is 58.9 Å². The lowest BCUT2D eigenvalue weighted by atomic mass is 10.1. The van der Waals surface area contributed by atoms with Gasteiger partial charge in [0.2, 0.25) is 0 Å². The van der Waals surface area contributed by atoms with E-state index < -0.39 is 15.7 Å². The molecular formula is C15H19ClFN2O3S+. The van der Waals surface area contributed by atoms with Crippen LogP contribution >= 0.6 is 11.6 Å². The summed E-state index contributed by atoms with van der Waals surface area (Å²) in [6.45, 7) is 2.37. The van der Waals surface area contributed by atoms with Crippen LogP contribution in [-0.2, 0) is 9.84 Å². The van der Waals surface area contributed by atoms with Crippen molar-refractivity contribution in [2.45, 2.75) is 12.5 Å². The number of piperazine rings is 1. The maximum atomic E-state index is 13.8. The van der Waals surface area contributed by atoms with E-state index in [-0.39, 0.29) is 29.0 Å². The van der Waals surface area contributed by atoms with E-state index in [0.717, 1.165) is 0 Å². The summed E-state index contributed by atoms with van der Waals surface area (Å²) in [7, 11) is -2.89. The number of hydrogen-bond acceptors (Lipinski definition) is 3.